The third-order valence-corrected chi connectivity index (χ3v) is 6.17. The SMILES string of the molecule is CC(C)(C)c1noc(-c2ccccc2C(=O)NC2C3CCCC2CC(N)C3)n1.Cl. The summed E-state index contributed by atoms with van der Waals surface area (Å²) in [5.74, 6) is 1.92. The largest absolute Gasteiger partial charge is 0.349 e. The van der Waals surface area contributed by atoms with Gasteiger partial charge in [0.2, 0.25) is 0 Å². The molecule has 7 heteroatoms. The number of carbonyl (C=O) groups excluding carboxylic acids is 1. The molecule has 158 valence electrons. The average Bonchev–Trinajstić information content (AvgIpc) is 3.13. The molecule has 4 rings (SSSR count). The molecule has 1 aromatic heterocycles. The minimum atomic E-state index is -0.211. The molecule has 2 atom stereocenters. The number of nitrogens with zero attached hydrogens (tertiary/aromatic N) is 2. The quantitative estimate of drug-likeness (QED) is 0.782. The van der Waals surface area contributed by atoms with Crippen molar-refractivity contribution in [3.8, 4) is 11.5 Å². The maximum Gasteiger partial charge on any atom is 0.258 e. The van der Waals surface area contributed by atoms with E-state index in [4.69, 9.17) is 10.3 Å². The average molecular weight is 419 g/mol. The van der Waals surface area contributed by atoms with Crippen molar-refractivity contribution in [3.63, 3.8) is 0 Å². The number of aromatic nitrogens is 2. The fourth-order valence-corrected chi connectivity index (χ4v) is 4.76. The summed E-state index contributed by atoms with van der Waals surface area (Å²) in [4.78, 5) is 17.7. The monoisotopic (exact) mass is 418 g/mol. The smallest absolute Gasteiger partial charge is 0.258 e. The van der Waals surface area contributed by atoms with Gasteiger partial charge in [0.15, 0.2) is 5.82 Å². The number of amides is 1. The van der Waals surface area contributed by atoms with Crippen LogP contribution in [0, 0.1) is 11.8 Å². The number of hydrogen-bond acceptors (Lipinski definition) is 5. The van der Waals surface area contributed by atoms with Crippen LogP contribution in [0.4, 0.5) is 0 Å². The highest BCUT2D eigenvalue weighted by Gasteiger charge is 2.40. The molecule has 6 nitrogen and oxygen atoms in total. The lowest BCUT2D eigenvalue weighted by atomic mass is 9.67. The van der Waals surface area contributed by atoms with Gasteiger partial charge in [-0.2, -0.15) is 4.98 Å². The van der Waals surface area contributed by atoms with E-state index < -0.39 is 0 Å². The van der Waals surface area contributed by atoms with Crippen LogP contribution < -0.4 is 11.1 Å². The molecule has 2 unspecified atom stereocenters. The Morgan fingerprint density at radius 3 is 2.45 bits per heavy atom. The lowest BCUT2D eigenvalue weighted by Crippen LogP contribution is -2.53. The lowest BCUT2D eigenvalue weighted by molar-refractivity contribution is 0.0756. The Kier molecular flexibility index (Phi) is 6.34. The minimum absolute atomic E-state index is 0. The summed E-state index contributed by atoms with van der Waals surface area (Å²) >= 11 is 0. The zero-order chi connectivity index (χ0) is 19.9. The molecule has 29 heavy (non-hydrogen) atoms. The van der Waals surface area contributed by atoms with Gasteiger partial charge in [-0.25, -0.2) is 0 Å². The maximum absolute atomic E-state index is 13.2. The Bertz CT molecular complexity index is 846. The molecule has 1 heterocycles. The predicted molar refractivity (Wildman–Crippen MR) is 115 cm³/mol. The van der Waals surface area contributed by atoms with E-state index in [0.29, 0.717) is 34.7 Å². The van der Waals surface area contributed by atoms with Crippen LogP contribution in [-0.2, 0) is 5.41 Å². The van der Waals surface area contributed by atoms with Gasteiger partial charge in [-0.15, -0.1) is 12.4 Å². The van der Waals surface area contributed by atoms with Gasteiger partial charge in [-0.05, 0) is 49.7 Å². The van der Waals surface area contributed by atoms with Crippen LogP contribution in [-0.4, -0.2) is 28.1 Å². The minimum Gasteiger partial charge on any atom is -0.349 e. The van der Waals surface area contributed by atoms with Crippen molar-refractivity contribution in [2.45, 2.75) is 70.4 Å². The summed E-state index contributed by atoms with van der Waals surface area (Å²) in [5, 5.41) is 7.42. The first-order valence-corrected chi connectivity index (χ1v) is 10.3. The summed E-state index contributed by atoms with van der Waals surface area (Å²) in [5.41, 5.74) is 7.28. The summed E-state index contributed by atoms with van der Waals surface area (Å²) in [6.45, 7) is 6.10. The molecule has 1 aromatic carbocycles. The highest BCUT2D eigenvalue weighted by Crippen LogP contribution is 2.40. The summed E-state index contributed by atoms with van der Waals surface area (Å²) in [6, 6.07) is 7.94. The third-order valence-electron chi connectivity index (χ3n) is 6.17. The number of halogens is 1. The van der Waals surface area contributed by atoms with E-state index in [9.17, 15) is 4.79 Å². The van der Waals surface area contributed by atoms with Gasteiger partial charge in [0, 0.05) is 17.5 Å². The molecule has 3 N–H and O–H groups in total. The van der Waals surface area contributed by atoms with Crippen LogP contribution in [0.15, 0.2) is 28.8 Å². The Hall–Kier alpha value is -1.92. The van der Waals surface area contributed by atoms with E-state index in [0.717, 1.165) is 25.7 Å². The van der Waals surface area contributed by atoms with Crippen LogP contribution in [0.25, 0.3) is 11.5 Å². The Balaban J connectivity index is 0.00000240. The summed E-state index contributed by atoms with van der Waals surface area (Å²) in [6.07, 6.45) is 5.54. The van der Waals surface area contributed by atoms with Gasteiger partial charge >= 0.3 is 0 Å². The fourth-order valence-electron chi connectivity index (χ4n) is 4.76. The number of carbonyl (C=O) groups is 1. The second kappa shape index (κ2) is 8.44. The molecule has 0 saturated heterocycles. The van der Waals surface area contributed by atoms with Crippen molar-refractivity contribution in [2.75, 3.05) is 0 Å². The van der Waals surface area contributed by atoms with Gasteiger partial charge < -0.3 is 15.6 Å². The molecule has 0 radical (unpaired) electrons. The molecular weight excluding hydrogens is 388 g/mol. The molecule has 2 fully saturated rings. The zero-order valence-corrected chi connectivity index (χ0v) is 18.2. The van der Waals surface area contributed by atoms with E-state index in [-0.39, 0.29) is 35.8 Å². The number of benzene rings is 1. The van der Waals surface area contributed by atoms with Crippen molar-refractivity contribution < 1.29 is 9.32 Å². The number of rotatable bonds is 3. The molecular formula is C22H31ClN4O2. The normalized spacial score (nSPS) is 26.5. The number of fused-ring (bicyclic) bond motifs is 2. The van der Waals surface area contributed by atoms with Crippen molar-refractivity contribution in [1.29, 1.82) is 0 Å². The van der Waals surface area contributed by atoms with E-state index >= 15 is 0 Å². The maximum atomic E-state index is 13.2. The van der Waals surface area contributed by atoms with E-state index in [1.54, 1.807) is 0 Å². The van der Waals surface area contributed by atoms with Crippen molar-refractivity contribution in [2.24, 2.45) is 17.6 Å². The van der Waals surface area contributed by atoms with Crippen molar-refractivity contribution in [3.05, 3.63) is 35.7 Å². The zero-order valence-electron chi connectivity index (χ0n) is 17.4. The fraction of sp³-hybridized carbons (Fsp3) is 0.591. The van der Waals surface area contributed by atoms with Crippen LogP contribution in [0.1, 0.15) is 69.1 Å². The Morgan fingerprint density at radius 1 is 1.17 bits per heavy atom. The molecule has 0 aliphatic heterocycles. The van der Waals surface area contributed by atoms with Crippen LogP contribution >= 0.6 is 12.4 Å². The van der Waals surface area contributed by atoms with E-state index in [2.05, 4.69) is 15.5 Å². The first kappa shape index (κ1) is 21.8. The molecule has 2 saturated carbocycles. The highest BCUT2D eigenvalue weighted by molar-refractivity contribution is 6.00. The molecule has 2 aliphatic rings. The topological polar surface area (TPSA) is 94.0 Å². The molecule has 2 bridgehead atoms. The van der Waals surface area contributed by atoms with Crippen LogP contribution in [0.3, 0.4) is 0 Å². The van der Waals surface area contributed by atoms with E-state index in [1.807, 2.05) is 45.0 Å². The Labute approximate surface area is 178 Å². The first-order valence-electron chi connectivity index (χ1n) is 10.3. The standard InChI is InChI=1S/C22H30N4O2.ClH/c1-22(2,3)21-25-20(28-26-21)17-10-5-4-9-16(17)19(27)24-18-13-7-6-8-14(18)12-15(23)11-13;/h4-5,9-10,13-15,18H,6-8,11-12,23H2,1-3H3,(H,24,27);1H. The number of nitrogens with two attached hydrogens (primary N) is 1. The van der Waals surface area contributed by atoms with E-state index in [1.165, 1.54) is 6.42 Å². The molecule has 2 aliphatic carbocycles. The molecule has 0 spiro atoms. The van der Waals surface area contributed by atoms with Gasteiger partial charge in [0.05, 0.1) is 11.1 Å². The van der Waals surface area contributed by atoms with Gasteiger partial charge in [-0.1, -0.05) is 44.5 Å². The van der Waals surface area contributed by atoms with Gasteiger partial charge in [-0.3, -0.25) is 4.79 Å². The summed E-state index contributed by atoms with van der Waals surface area (Å²) < 4.78 is 5.49. The highest BCUT2D eigenvalue weighted by atomic mass is 35.5. The predicted octanol–water partition coefficient (Wildman–Crippen LogP) is 4.09. The van der Waals surface area contributed by atoms with Gasteiger partial charge in [0.1, 0.15) is 0 Å². The van der Waals surface area contributed by atoms with Gasteiger partial charge in [0.25, 0.3) is 11.8 Å². The van der Waals surface area contributed by atoms with Crippen LogP contribution in [0.5, 0.6) is 0 Å². The lowest BCUT2D eigenvalue weighted by Gasteiger charge is -2.45. The number of hydrogen-bond donors (Lipinski definition) is 2. The van der Waals surface area contributed by atoms with Crippen LogP contribution in [0.2, 0.25) is 0 Å². The van der Waals surface area contributed by atoms with Crippen molar-refractivity contribution in [1.82, 2.24) is 15.5 Å². The number of nitrogens with one attached hydrogen (secondary N) is 1. The van der Waals surface area contributed by atoms with Crippen molar-refractivity contribution >= 4 is 18.3 Å². The second-order valence-electron chi connectivity index (χ2n) is 9.40. The second-order valence-corrected chi connectivity index (χ2v) is 9.40. The molecule has 1 amide bonds. The third kappa shape index (κ3) is 4.48. The first-order chi connectivity index (χ1) is 13.3. The summed E-state index contributed by atoms with van der Waals surface area (Å²) in [7, 11) is 0. The Morgan fingerprint density at radius 2 is 1.83 bits per heavy atom. The molecule has 2 aromatic rings.